The van der Waals surface area contributed by atoms with Crippen LogP contribution in [-0.4, -0.2) is 15.8 Å². The lowest BCUT2D eigenvalue weighted by atomic mass is 9.81. The van der Waals surface area contributed by atoms with Gasteiger partial charge in [0.25, 0.3) is 0 Å². The molecule has 4 heteroatoms. The summed E-state index contributed by atoms with van der Waals surface area (Å²) in [5.74, 6) is 0.592. The van der Waals surface area contributed by atoms with Crippen molar-refractivity contribution in [3.63, 3.8) is 0 Å². The normalized spacial score (nSPS) is 17.9. The van der Waals surface area contributed by atoms with Crippen molar-refractivity contribution in [2.24, 2.45) is 0 Å². The van der Waals surface area contributed by atoms with Crippen molar-refractivity contribution in [1.29, 1.82) is 0 Å². The standard InChI is InChI=1S/C16H17N3O/c1-2-12-15-13(19-16(17)18-12)8-11(9-14(15)20)10-6-4-3-5-7-10/h3-7,11H,2,8-9H2,1H3,(H2,17,18,19). The van der Waals surface area contributed by atoms with E-state index >= 15 is 0 Å². The molecule has 2 aromatic rings. The number of ketones is 1. The maximum absolute atomic E-state index is 12.4. The van der Waals surface area contributed by atoms with Crippen LogP contribution in [0, 0.1) is 0 Å². The van der Waals surface area contributed by atoms with Crippen LogP contribution in [0.25, 0.3) is 0 Å². The van der Waals surface area contributed by atoms with Gasteiger partial charge in [-0.15, -0.1) is 0 Å². The summed E-state index contributed by atoms with van der Waals surface area (Å²) in [6, 6.07) is 10.1. The number of carbonyl (C=O) groups excluding carboxylic acids is 1. The molecule has 20 heavy (non-hydrogen) atoms. The number of nitrogens with zero attached hydrogens (tertiary/aromatic N) is 2. The summed E-state index contributed by atoms with van der Waals surface area (Å²) in [6.45, 7) is 1.98. The van der Waals surface area contributed by atoms with Crippen LogP contribution in [0.4, 0.5) is 5.95 Å². The largest absolute Gasteiger partial charge is 0.368 e. The quantitative estimate of drug-likeness (QED) is 0.907. The first-order valence-electron chi connectivity index (χ1n) is 6.92. The van der Waals surface area contributed by atoms with Gasteiger partial charge in [0, 0.05) is 6.42 Å². The van der Waals surface area contributed by atoms with E-state index in [1.54, 1.807) is 0 Å². The molecule has 1 aliphatic rings. The highest BCUT2D eigenvalue weighted by atomic mass is 16.1. The van der Waals surface area contributed by atoms with E-state index in [2.05, 4.69) is 22.1 Å². The number of benzene rings is 1. The van der Waals surface area contributed by atoms with Gasteiger partial charge in [-0.1, -0.05) is 37.3 Å². The summed E-state index contributed by atoms with van der Waals surface area (Å²) in [5, 5.41) is 0. The lowest BCUT2D eigenvalue weighted by molar-refractivity contribution is 0.0961. The maximum Gasteiger partial charge on any atom is 0.220 e. The summed E-state index contributed by atoms with van der Waals surface area (Å²) >= 11 is 0. The van der Waals surface area contributed by atoms with Crippen LogP contribution >= 0.6 is 0 Å². The van der Waals surface area contributed by atoms with Crippen LogP contribution in [0.3, 0.4) is 0 Å². The number of anilines is 1. The molecule has 1 aromatic carbocycles. The smallest absolute Gasteiger partial charge is 0.220 e. The Hall–Kier alpha value is -2.23. The van der Waals surface area contributed by atoms with E-state index < -0.39 is 0 Å². The Kier molecular flexibility index (Phi) is 3.22. The maximum atomic E-state index is 12.4. The fourth-order valence-corrected chi connectivity index (χ4v) is 2.90. The molecule has 1 aliphatic carbocycles. The van der Waals surface area contributed by atoms with Gasteiger partial charge in [-0.05, 0) is 24.3 Å². The minimum absolute atomic E-state index is 0.136. The van der Waals surface area contributed by atoms with Crippen molar-refractivity contribution < 1.29 is 4.79 Å². The first kappa shape index (κ1) is 12.8. The second-order valence-corrected chi connectivity index (χ2v) is 5.14. The van der Waals surface area contributed by atoms with Gasteiger partial charge < -0.3 is 5.73 Å². The number of nitrogen functional groups attached to an aromatic ring is 1. The van der Waals surface area contributed by atoms with Crippen molar-refractivity contribution in [2.45, 2.75) is 32.1 Å². The van der Waals surface area contributed by atoms with Crippen molar-refractivity contribution in [2.75, 3.05) is 5.73 Å². The second kappa shape index (κ2) is 5.04. The molecule has 3 rings (SSSR count). The third-order valence-electron chi connectivity index (χ3n) is 3.83. The van der Waals surface area contributed by atoms with E-state index in [0.29, 0.717) is 18.4 Å². The molecule has 102 valence electrons. The van der Waals surface area contributed by atoms with E-state index in [-0.39, 0.29) is 17.6 Å². The molecular formula is C16H17N3O. The number of carbonyl (C=O) groups is 1. The van der Waals surface area contributed by atoms with Crippen LogP contribution in [0.5, 0.6) is 0 Å². The summed E-state index contributed by atoms with van der Waals surface area (Å²) in [7, 11) is 0. The van der Waals surface area contributed by atoms with Gasteiger partial charge in [-0.25, -0.2) is 9.97 Å². The number of hydrogen-bond donors (Lipinski definition) is 1. The van der Waals surface area contributed by atoms with E-state index in [9.17, 15) is 4.79 Å². The second-order valence-electron chi connectivity index (χ2n) is 5.14. The van der Waals surface area contributed by atoms with Crippen LogP contribution in [0.15, 0.2) is 30.3 Å². The Labute approximate surface area is 118 Å². The predicted octanol–water partition coefficient (Wildman–Crippen LogP) is 2.53. The molecule has 0 fully saturated rings. The minimum Gasteiger partial charge on any atom is -0.368 e. The number of aromatic nitrogens is 2. The third-order valence-corrected chi connectivity index (χ3v) is 3.83. The van der Waals surface area contributed by atoms with Crippen molar-refractivity contribution in [3.05, 3.63) is 52.8 Å². The fourth-order valence-electron chi connectivity index (χ4n) is 2.90. The zero-order valence-corrected chi connectivity index (χ0v) is 11.5. The van der Waals surface area contributed by atoms with Crippen molar-refractivity contribution in [3.8, 4) is 0 Å². The summed E-state index contributed by atoms with van der Waals surface area (Å²) in [4.78, 5) is 20.9. The fraction of sp³-hybridized carbons (Fsp3) is 0.312. The summed E-state index contributed by atoms with van der Waals surface area (Å²) < 4.78 is 0. The zero-order valence-electron chi connectivity index (χ0n) is 11.5. The minimum atomic E-state index is 0.136. The predicted molar refractivity (Wildman–Crippen MR) is 77.7 cm³/mol. The Morgan fingerprint density at radius 1 is 1.20 bits per heavy atom. The molecule has 0 radical (unpaired) electrons. The molecule has 0 saturated heterocycles. The zero-order chi connectivity index (χ0) is 14.1. The van der Waals surface area contributed by atoms with Gasteiger partial charge in [-0.3, -0.25) is 4.79 Å². The first-order chi connectivity index (χ1) is 9.69. The molecule has 1 aromatic heterocycles. The molecule has 0 saturated carbocycles. The lowest BCUT2D eigenvalue weighted by Gasteiger charge is -2.24. The van der Waals surface area contributed by atoms with Gasteiger partial charge in [0.15, 0.2) is 5.78 Å². The molecule has 1 heterocycles. The van der Waals surface area contributed by atoms with Gasteiger partial charge >= 0.3 is 0 Å². The molecule has 1 atom stereocenters. The highest BCUT2D eigenvalue weighted by molar-refractivity contribution is 5.99. The number of Topliss-reactive ketones (excluding diaryl/α,β-unsaturated/α-hetero) is 1. The van der Waals surface area contributed by atoms with Crippen molar-refractivity contribution >= 4 is 11.7 Å². The highest BCUT2D eigenvalue weighted by Crippen LogP contribution is 2.33. The lowest BCUT2D eigenvalue weighted by Crippen LogP contribution is -2.23. The molecular weight excluding hydrogens is 250 g/mol. The van der Waals surface area contributed by atoms with Gasteiger partial charge in [0.05, 0.1) is 17.0 Å². The number of rotatable bonds is 2. The SMILES string of the molecule is CCc1nc(N)nc2c1C(=O)CC(c1ccccc1)C2. The topological polar surface area (TPSA) is 68.9 Å². The molecule has 0 aliphatic heterocycles. The third kappa shape index (κ3) is 2.18. The van der Waals surface area contributed by atoms with E-state index in [4.69, 9.17) is 5.73 Å². The molecule has 0 spiro atoms. The first-order valence-corrected chi connectivity index (χ1v) is 6.92. The van der Waals surface area contributed by atoms with Gasteiger partial charge in [0.2, 0.25) is 5.95 Å². The van der Waals surface area contributed by atoms with Crippen LogP contribution < -0.4 is 5.73 Å². The van der Waals surface area contributed by atoms with E-state index in [0.717, 1.165) is 17.8 Å². The number of fused-ring (bicyclic) bond motifs is 1. The number of aryl methyl sites for hydroxylation is 1. The van der Waals surface area contributed by atoms with Gasteiger partial charge in [0.1, 0.15) is 0 Å². The summed E-state index contributed by atoms with van der Waals surface area (Å²) in [6.07, 6.45) is 1.99. The Morgan fingerprint density at radius 3 is 2.65 bits per heavy atom. The monoisotopic (exact) mass is 267 g/mol. The average molecular weight is 267 g/mol. The van der Waals surface area contributed by atoms with Gasteiger partial charge in [-0.2, -0.15) is 0 Å². The Morgan fingerprint density at radius 2 is 1.95 bits per heavy atom. The molecule has 0 amide bonds. The molecule has 2 N–H and O–H groups in total. The van der Waals surface area contributed by atoms with Crippen LogP contribution in [-0.2, 0) is 12.8 Å². The van der Waals surface area contributed by atoms with Crippen molar-refractivity contribution in [1.82, 2.24) is 9.97 Å². The molecule has 4 nitrogen and oxygen atoms in total. The van der Waals surface area contributed by atoms with Crippen LogP contribution in [0.1, 0.15) is 46.6 Å². The number of hydrogen-bond acceptors (Lipinski definition) is 4. The van der Waals surface area contributed by atoms with E-state index in [1.807, 2.05) is 25.1 Å². The van der Waals surface area contributed by atoms with E-state index in [1.165, 1.54) is 5.56 Å². The van der Waals surface area contributed by atoms with Crippen LogP contribution in [0.2, 0.25) is 0 Å². The Balaban J connectivity index is 2.03. The summed E-state index contributed by atoms with van der Waals surface area (Å²) in [5.41, 5.74) is 9.23. The average Bonchev–Trinajstić information content (AvgIpc) is 2.46. The molecule has 0 bridgehead atoms. The molecule has 1 unspecified atom stereocenters. The number of nitrogens with two attached hydrogens (primary N) is 1. The Bertz CT molecular complexity index is 652. The highest BCUT2D eigenvalue weighted by Gasteiger charge is 2.30.